The number of carboxylic acid groups (broad SMARTS) is 3. The topological polar surface area (TPSA) is 401 Å². The molecule has 328 valence electrons. The molecule has 0 bridgehead atoms. The molecule has 25 heteroatoms. The maximum absolute atomic E-state index is 13.2. The van der Waals surface area contributed by atoms with Crippen LogP contribution in [-0.4, -0.2) is 125 Å². The van der Waals surface area contributed by atoms with Crippen LogP contribution in [0.1, 0.15) is 61.5 Å². The second-order valence-corrected chi connectivity index (χ2v) is 13.2. The van der Waals surface area contributed by atoms with Crippen LogP contribution in [0.25, 0.3) is 11.2 Å². The number of hydrogen-bond donors (Lipinski definition) is 11. The number of anilines is 2. The average Bonchev–Trinajstić information content (AvgIpc) is 3.20. The molecule has 5 atom stereocenters. The van der Waals surface area contributed by atoms with Crippen molar-refractivity contribution in [2.75, 3.05) is 11.1 Å². The van der Waals surface area contributed by atoms with E-state index >= 15 is 0 Å². The summed E-state index contributed by atoms with van der Waals surface area (Å²) in [4.78, 5) is 149. The first-order valence-electron chi connectivity index (χ1n) is 18.2. The summed E-state index contributed by atoms with van der Waals surface area (Å²) in [6.07, 6.45) is 2.83. The van der Waals surface area contributed by atoms with Crippen molar-refractivity contribution < 1.29 is 63.3 Å². The maximum atomic E-state index is 13.2. The number of nitrogen functional groups attached to an aromatic ring is 1. The third-order valence-corrected chi connectivity index (χ3v) is 8.51. The van der Waals surface area contributed by atoms with Gasteiger partial charge in [0.25, 0.3) is 11.5 Å². The number of carboxylic acids is 3. The number of nitrogens with zero attached hydrogens (tertiary/aromatic N) is 3. The number of nitrogens with one attached hydrogen (secondary N) is 7. The van der Waals surface area contributed by atoms with Gasteiger partial charge in [0, 0.05) is 30.5 Å². The number of carbonyl (C=O) groups excluding carboxylic acids is 7. The molecule has 2 aromatic heterocycles. The second kappa shape index (κ2) is 22.7. The van der Waals surface area contributed by atoms with Crippen molar-refractivity contribution in [3.8, 4) is 12.3 Å². The van der Waals surface area contributed by atoms with E-state index in [0.29, 0.717) is 11.4 Å². The van der Waals surface area contributed by atoms with E-state index in [1.54, 1.807) is 0 Å². The number of rotatable bonds is 24. The highest BCUT2D eigenvalue weighted by Crippen LogP contribution is 2.13. The number of H-pyrrole nitrogens is 1. The van der Waals surface area contributed by atoms with Gasteiger partial charge in [0.05, 0.1) is 37.3 Å². The third kappa shape index (κ3) is 14.8. The molecule has 25 nitrogen and oxygen atoms in total. The van der Waals surface area contributed by atoms with Crippen LogP contribution in [0.3, 0.4) is 0 Å². The highest BCUT2D eigenvalue weighted by atomic mass is 16.4. The van der Waals surface area contributed by atoms with Crippen LogP contribution in [0, 0.1) is 12.3 Å². The van der Waals surface area contributed by atoms with Gasteiger partial charge in [-0.3, -0.25) is 48.1 Å². The summed E-state index contributed by atoms with van der Waals surface area (Å²) < 4.78 is 0. The molecule has 3 rings (SSSR count). The molecule has 12 N–H and O–H groups in total. The molecule has 0 saturated carbocycles. The standard InChI is InChI=1S/C37H41N11O14/c1-3-4-21(32(57)46-25(14-28(54)55)34(59)45-24(17(2)50)13-27(52)53)43-33(58)22(11-12-49)42-26(51)10-9-23(36(61)62)44-31(56)18-5-7-19(8-6-18)39-15-20-16-40-30-29(41-20)35(60)48-37(38)47-30/h1,5-8,12,16,21-25,39H,4,9-11,13-15H2,2H3,(H,42,51)(H,43,58)(H,44,56)(H,45,59)(H,46,57)(H,52,53)(H,54,55)(H,61,62)(H3,38,40,47,48,60)/t21-,22-,23-,24-,25-/m0/s1. The lowest BCUT2D eigenvalue weighted by molar-refractivity contribution is -0.143. The minimum Gasteiger partial charge on any atom is -0.481 e. The number of aldehydes is 1. The number of nitrogens with two attached hydrogens (primary N) is 1. The molecule has 0 unspecified atom stereocenters. The maximum Gasteiger partial charge on any atom is 0.326 e. The van der Waals surface area contributed by atoms with Gasteiger partial charge in [0.15, 0.2) is 16.9 Å². The monoisotopic (exact) mass is 863 g/mol. The molecule has 0 aliphatic heterocycles. The Labute approximate surface area is 349 Å². The van der Waals surface area contributed by atoms with Gasteiger partial charge in [-0.25, -0.2) is 14.8 Å². The highest BCUT2D eigenvalue weighted by Gasteiger charge is 2.32. The van der Waals surface area contributed by atoms with Gasteiger partial charge in [0.2, 0.25) is 29.6 Å². The molecule has 3 aromatic rings. The van der Waals surface area contributed by atoms with Crippen molar-refractivity contribution >= 4 is 82.3 Å². The Morgan fingerprint density at radius 2 is 1.42 bits per heavy atom. The first-order valence-corrected chi connectivity index (χ1v) is 18.2. The number of fused-ring (bicyclic) bond motifs is 1. The lowest BCUT2D eigenvalue weighted by atomic mass is 10.1. The Hall–Kier alpha value is -8.30. The van der Waals surface area contributed by atoms with E-state index < -0.39 is 128 Å². The fraction of sp³-hybridized carbons (Fsp3) is 0.351. The van der Waals surface area contributed by atoms with Crippen LogP contribution >= 0.6 is 0 Å². The smallest absolute Gasteiger partial charge is 0.326 e. The zero-order valence-corrected chi connectivity index (χ0v) is 32.6. The molecule has 0 fully saturated rings. The number of aromatic nitrogens is 4. The van der Waals surface area contributed by atoms with Crippen LogP contribution in [0.5, 0.6) is 0 Å². The summed E-state index contributed by atoms with van der Waals surface area (Å²) in [6, 6.07) is -2.56. The van der Waals surface area contributed by atoms with Gasteiger partial charge >= 0.3 is 17.9 Å². The van der Waals surface area contributed by atoms with Crippen LogP contribution in [0.15, 0.2) is 35.3 Å². The number of aromatic amines is 1. The van der Waals surface area contributed by atoms with E-state index in [4.69, 9.17) is 17.3 Å². The number of amides is 5. The molecule has 0 aliphatic rings. The fourth-order valence-electron chi connectivity index (χ4n) is 5.36. The normalized spacial score (nSPS) is 13.0. The van der Waals surface area contributed by atoms with Gasteiger partial charge in [-0.15, -0.1) is 12.3 Å². The number of aliphatic carboxylic acids is 3. The van der Waals surface area contributed by atoms with Gasteiger partial charge in [-0.2, -0.15) is 4.98 Å². The van der Waals surface area contributed by atoms with Crippen LogP contribution < -0.4 is 43.2 Å². The van der Waals surface area contributed by atoms with E-state index in [1.807, 2.05) is 0 Å². The molecular weight excluding hydrogens is 822 g/mol. The first kappa shape index (κ1) is 48.1. The quantitative estimate of drug-likeness (QED) is 0.0315. The van der Waals surface area contributed by atoms with Crippen molar-refractivity contribution in [3.05, 3.63) is 52.1 Å². The van der Waals surface area contributed by atoms with Crippen molar-refractivity contribution in [1.29, 1.82) is 0 Å². The molecule has 0 radical (unpaired) electrons. The number of terminal acetylenes is 1. The lowest BCUT2D eigenvalue weighted by Crippen LogP contribution is -2.58. The highest BCUT2D eigenvalue weighted by molar-refractivity contribution is 5.99. The van der Waals surface area contributed by atoms with Crippen LogP contribution in [0.4, 0.5) is 11.6 Å². The molecule has 0 aliphatic carbocycles. The Kier molecular flexibility index (Phi) is 17.6. The fourth-order valence-corrected chi connectivity index (χ4v) is 5.36. The Morgan fingerprint density at radius 3 is 2.02 bits per heavy atom. The molecule has 5 amide bonds. The van der Waals surface area contributed by atoms with E-state index in [0.717, 1.165) is 6.92 Å². The van der Waals surface area contributed by atoms with Gasteiger partial charge < -0.3 is 57.7 Å². The Bertz CT molecular complexity index is 2330. The molecular formula is C37H41N11O14. The summed E-state index contributed by atoms with van der Waals surface area (Å²) in [6.45, 7) is 1.10. The van der Waals surface area contributed by atoms with E-state index in [-0.39, 0.29) is 35.5 Å². The first-order chi connectivity index (χ1) is 29.3. The Morgan fingerprint density at radius 1 is 0.823 bits per heavy atom. The van der Waals surface area contributed by atoms with Crippen molar-refractivity contribution in [3.63, 3.8) is 0 Å². The van der Waals surface area contributed by atoms with Crippen LogP contribution in [0.2, 0.25) is 0 Å². The predicted octanol–water partition coefficient (Wildman–Crippen LogP) is -3.04. The molecule has 2 heterocycles. The number of ketones is 1. The molecule has 0 saturated heterocycles. The third-order valence-electron chi connectivity index (χ3n) is 8.51. The second-order valence-electron chi connectivity index (χ2n) is 13.2. The minimum atomic E-state index is -1.88. The zero-order chi connectivity index (χ0) is 46.1. The summed E-state index contributed by atoms with van der Waals surface area (Å²) >= 11 is 0. The largest absolute Gasteiger partial charge is 0.481 e. The van der Waals surface area contributed by atoms with E-state index in [1.165, 1.54) is 30.5 Å². The van der Waals surface area contributed by atoms with Gasteiger partial charge in [0.1, 0.15) is 30.5 Å². The van der Waals surface area contributed by atoms with Crippen molar-refractivity contribution in [2.24, 2.45) is 0 Å². The zero-order valence-electron chi connectivity index (χ0n) is 32.6. The summed E-state index contributed by atoms with van der Waals surface area (Å²) in [5.41, 5.74) is 5.94. The average molecular weight is 864 g/mol. The lowest BCUT2D eigenvalue weighted by Gasteiger charge is -2.24. The van der Waals surface area contributed by atoms with Gasteiger partial charge in [-0.1, -0.05) is 0 Å². The number of benzene rings is 1. The molecule has 62 heavy (non-hydrogen) atoms. The van der Waals surface area contributed by atoms with Crippen molar-refractivity contribution in [2.45, 2.75) is 82.2 Å². The summed E-state index contributed by atoms with van der Waals surface area (Å²) in [5, 5.41) is 41.9. The number of Topliss-reactive ketones (excluding diaryl/α,β-unsaturated/α-hetero) is 1. The van der Waals surface area contributed by atoms with E-state index in [2.05, 4.69) is 57.8 Å². The molecule has 0 spiro atoms. The number of carbonyl (C=O) groups is 10. The van der Waals surface area contributed by atoms with Crippen LogP contribution in [-0.2, 0) is 49.7 Å². The van der Waals surface area contributed by atoms with E-state index in [9.17, 15) is 63.0 Å². The minimum absolute atomic E-state index is 0.0181. The van der Waals surface area contributed by atoms with Crippen molar-refractivity contribution in [1.82, 2.24) is 46.5 Å². The Balaban J connectivity index is 1.59. The number of hydrogen-bond acceptors (Lipinski definition) is 16. The SMILES string of the molecule is C#CC[C@H](NC(=O)[C@H](CC=O)NC(=O)CC[C@H](NC(=O)c1ccc(NCc2cnc3nc(N)[nH]c(=O)c3n2)cc1)C(=O)O)C(=O)N[C@@H](CC(=O)O)C(=O)N[C@@H](CC(=O)O)C(C)=O. The predicted molar refractivity (Wildman–Crippen MR) is 211 cm³/mol. The molecule has 1 aromatic carbocycles. The summed E-state index contributed by atoms with van der Waals surface area (Å²) in [7, 11) is 0. The van der Waals surface area contributed by atoms with Gasteiger partial charge in [-0.05, 0) is 37.6 Å². The summed E-state index contributed by atoms with van der Waals surface area (Å²) in [5.74, 6) is -8.67.